The number of hydrogen-bond acceptors (Lipinski definition) is 6. The molecule has 0 aromatic heterocycles. The van der Waals surface area contributed by atoms with Gasteiger partial charge in [-0.15, -0.1) is 0 Å². The zero-order chi connectivity index (χ0) is 17.1. The minimum Gasteiger partial charge on any atom is -0.497 e. The predicted octanol–water partition coefficient (Wildman–Crippen LogP) is 1.20. The van der Waals surface area contributed by atoms with Gasteiger partial charge in [-0.25, -0.2) is 0 Å². The number of carbonyl (C=O) groups excluding carboxylic acids is 1. The van der Waals surface area contributed by atoms with Crippen LogP contribution in [0.15, 0.2) is 24.3 Å². The maximum atomic E-state index is 12.1. The molecule has 3 rings (SSSR count). The van der Waals surface area contributed by atoms with Crippen molar-refractivity contribution in [2.24, 2.45) is 0 Å². The summed E-state index contributed by atoms with van der Waals surface area (Å²) in [5.74, 6) is 0.799. The summed E-state index contributed by atoms with van der Waals surface area (Å²) in [5, 5.41) is 0. The Bertz CT molecular complexity index is 549. The number of hydrogen-bond donors (Lipinski definition) is 0. The van der Waals surface area contributed by atoms with Gasteiger partial charge in [0.05, 0.1) is 32.8 Å². The normalized spacial score (nSPS) is 27.4. The number of rotatable bonds is 7. The molecule has 2 aliphatic rings. The standard InChI is InChI=1S/C17H23NO6/c1-20-9-14-15(10-21-2)24-17(23-14)13-8-16(19)18(13)11-4-6-12(22-3)7-5-11/h4-7,13-15,17H,8-10H2,1-3H3/t13?,14-,15-/m0/s1. The highest BCUT2D eigenvalue weighted by atomic mass is 16.7. The first-order chi connectivity index (χ1) is 11.7. The monoisotopic (exact) mass is 337 g/mol. The summed E-state index contributed by atoms with van der Waals surface area (Å²) in [6.07, 6.45) is -0.484. The SMILES string of the molecule is COC[C@@H]1OC(C2CC(=O)N2c2ccc(OC)cc2)O[C@H]1COC. The lowest BCUT2D eigenvalue weighted by molar-refractivity contribution is -0.139. The van der Waals surface area contributed by atoms with E-state index < -0.39 is 6.29 Å². The van der Waals surface area contributed by atoms with Gasteiger partial charge in [0, 0.05) is 19.9 Å². The van der Waals surface area contributed by atoms with Gasteiger partial charge in [0.2, 0.25) is 5.91 Å². The Kier molecular flexibility index (Phi) is 5.35. The van der Waals surface area contributed by atoms with E-state index in [-0.39, 0.29) is 24.2 Å². The van der Waals surface area contributed by atoms with E-state index in [1.54, 1.807) is 26.2 Å². The Labute approximate surface area is 141 Å². The number of carbonyl (C=O) groups is 1. The number of ether oxygens (including phenoxy) is 5. The molecule has 7 nitrogen and oxygen atoms in total. The summed E-state index contributed by atoms with van der Waals surface area (Å²) in [4.78, 5) is 13.8. The summed E-state index contributed by atoms with van der Waals surface area (Å²) in [6.45, 7) is 0.849. The largest absolute Gasteiger partial charge is 0.497 e. The molecular weight excluding hydrogens is 314 g/mol. The van der Waals surface area contributed by atoms with Crippen LogP contribution in [0.25, 0.3) is 0 Å². The number of methoxy groups -OCH3 is 3. The minimum absolute atomic E-state index is 0.0517. The smallest absolute Gasteiger partial charge is 0.229 e. The van der Waals surface area contributed by atoms with Gasteiger partial charge in [0.25, 0.3) is 0 Å². The van der Waals surface area contributed by atoms with Crippen molar-refractivity contribution in [2.45, 2.75) is 31.0 Å². The van der Waals surface area contributed by atoms with E-state index >= 15 is 0 Å². The zero-order valence-electron chi connectivity index (χ0n) is 14.1. The van der Waals surface area contributed by atoms with Crippen LogP contribution in [0.1, 0.15) is 6.42 Å². The van der Waals surface area contributed by atoms with E-state index in [2.05, 4.69) is 0 Å². The van der Waals surface area contributed by atoms with Crippen molar-refractivity contribution in [3.63, 3.8) is 0 Å². The third kappa shape index (κ3) is 3.25. The van der Waals surface area contributed by atoms with Crippen LogP contribution in [-0.2, 0) is 23.7 Å². The predicted molar refractivity (Wildman–Crippen MR) is 86.2 cm³/mol. The molecule has 1 aromatic carbocycles. The number of nitrogens with zero attached hydrogens (tertiary/aromatic N) is 1. The fourth-order valence-electron chi connectivity index (χ4n) is 3.09. The van der Waals surface area contributed by atoms with Gasteiger partial charge in [-0.2, -0.15) is 0 Å². The maximum absolute atomic E-state index is 12.1. The van der Waals surface area contributed by atoms with E-state index in [9.17, 15) is 4.79 Å². The molecule has 0 aliphatic carbocycles. The molecule has 0 spiro atoms. The van der Waals surface area contributed by atoms with Gasteiger partial charge in [0.1, 0.15) is 18.0 Å². The second-order valence-corrected chi connectivity index (χ2v) is 5.86. The number of amides is 1. The summed E-state index contributed by atoms with van der Waals surface area (Å²) in [5.41, 5.74) is 0.808. The van der Waals surface area contributed by atoms with Gasteiger partial charge in [-0.05, 0) is 24.3 Å². The van der Waals surface area contributed by atoms with E-state index in [0.29, 0.717) is 19.6 Å². The summed E-state index contributed by atoms with van der Waals surface area (Å²) < 4.78 is 27.5. The summed E-state index contributed by atoms with van der Waals surface area (Å²) >= 11 is 0. The van der Waals surface area contributed by atoms with Crippen molar-refractivity contribution in [1.29, 1.82) is 0 Å². The molecule has 2 aliphatic heterocycles. The van der Waals surface area contributed by atoms with Crippen LogP contribution in [0.2, 0.25) is 0 Å². The van der Waals surface area contributed by atoms with Gasteiger partial charge in [-0.1, -0.05) is 0 Å². The molecule has 0 saturated carbocycles. The number of β-lactam (4-membered cyclic amide) rings is 1. The third-order valence-electron chi connectivity index (χ3n) is 4.34. The Morgan fingerprint density at radius 2 is 1.62 bits per heavy atom. The van der Waals surface area contributed by atoms with E-state index in [0.717, 1.165) is 11.4 Å². The van der Waals surface area contributed by atoms with Gasteiger partial charge in [-0.3, -0.25) is 4.79 Å². The number of benzene rings is 1. The second kappa shape index (κ2) is 7.48. The van der Waals surface area contributed by atoms with Crippen molar-refractivity contribution < 1.29 is 28.5 Å². The van der Waals surface area contributed by atoms with E-state index in [4.69, 9.17) is 23.7 Å². The van der Waals surface area contributed by atoms with E-state index in [1.807, 2.05) is 24.3 Å². The lowest BCUT2D eigenvalue weighted by Gasteiger charge is -2.42. The maximum Gasteiger partial charge on any atom is 0.229 e. The average Bonchev–Trinajstić information content (AvgIpc) is 2.96. The zero-order valence-corrected chi connectivity index (χ0v) is 14.1. The Hall–Kier alpha value is -1.67. The fourth-order valence-corrected chi connectivity index (χ4v) is 3.09. The highest BCUT2D eigenvalue weighted by molar-refractivity contribution is 6.01. The first-order valence-electron chi connectivity index (χ1n) is 7.92. The van der Waals surface area contributed by atoms with Crippen molar-refractivity contribution in [3.8, 4) is 5.75 Å². The van der Waals surface area contributed by atoms with Gasteiger partial charge < -0.3 is 28.6 Å². The van der Waals surface area contributed by atoms with Gasteiger partial charge >= 0.3 is 0 Å². The van der Waals surface area contributed by atoms with Crippen LogP contribution in [0.3, 0.4) is 0 Å². The summed E-state index contributed by atoms with van der Waals surface area (Å²) in [7, 11) is 4.85. The molecule has 0 N–H and O–H groups in total. The molecule has 24 heavy (non-hydrogen) atoms. The average molecular weight is 337 g/mol. The molecule has 2 fully saturated rings. The molecule has 0 radical (unpaired) electrons. The third-order valence-corrected chi connectivity index (χ3v) is 4.34. The highest BCUT2D eigenvalue weighted by Crippen LogP contribution is 2.35. The Morgan fingerprint density at radius 1 is 1.04 bits per heavy atom. The van der Waals surface area contributed by atoms with Crippen molar-refractivity contribution >= 4 is 11.6 Å². The quantitative estimate of drug-likeness (QED) is 0.697. The molecule has 1 aromatic rings. The molecule has 3 atom stereocenters. The molecule has 7 heteroatoms. The van der Waals surface area contributed by atoms with Crippen LogP contribution in [0.4, 0.5) is 5.69 Å². The Balaban J connectivity index is 1.70. The van der Waals surface area contributed by atoms with E-state index in [1.165, 1.54) is 0 Å². The Morgan fingerprint density at radius 3 is 2.08 bits per heavy atom. The first-order valence-corrected chi connectivity index (χ1v) is 7.92. The highest BCUT2D eigenvalue weighted by Gasteiger charge is 2.49. The molecule has 2 saturated heterocycles. The number of anilines is 1. The molecule has 132 valence electrons. The second-order valence-electron chi connectivity index (χ2n) is 5.86. The van der Waals surface area contributed by atoms with Crippen LogP contribution in [0, 0.1) is 0 Å². The topological polar surface area (TPSA) is 66.5 Å². The molecule has 1 unspecified atom stereocenters. The molecule has 0 bridgehead atoms. The van der Waals surface area contributed by atoms with Crippen LogP contribution in [0.5, 0.6) is 5.75 Å². The fraction of sp³-hybridized carbons (Fsp3) is 0.588. The molecule has 2 heterocycles. The van der Waals surface area contributed by atoms with Crippen LogP contribution >= 0.6 is 0 Å². The molecular formula is C17H23NO6. The lowest BCUT2D eigenvalue weighted by Crippen LogP contribution is -2.59. The van der Waals surface area contributed by atoms with Crippen LogP contribution < -0.4 is 9.64 Å². The molecule has 1 amide bonds. The minimum atomic E-state index is -0.481. The first kappa shape index (κ1) is 17.2. The van der Waals surface area contributed by atoms with Gasteiger partial charge in [0.15, 0.2) is 6.29 Å². The van der Waals surface area contributed by atoms with Crippen molar-refractivity contribution in [3.05, 3.63) is 24.3 Å². The van der Waals surface area contributed by atoms with Crippen molar-refractivity contribution in [1.82, 2.24) is 0 Å². The van der Waals surface area contributed by atoms with Crippen LogP contribution in [-0.4, -0.2) is 65.0 Å². The van der Waals surface area contributed by atoms with Crippen molar-refractivity contribution in [2.75, 3.05) is 39.4 Å². The summed E-state index contributed by atoms with van der Waals surface area (Å²) in [6, 6.07) is 7.23. The lowest BCUT2D eigenvalue weighted by atomic mass is 10.00.